The number of ether oxygens (including phenoxy) is 1. The molecule has 0 unspecified atom stereocenters. The number of hydrogen-bond acceptors (Lipinski definition) is 4. The van der Waals surface area contributed by atoms with Crippen molar-refractivity contribution in [2.24, 2.45) is 11.5 Å². The first-order valence-corrected chi connectivity index (χ1v) is 6.58. The zero-order valence-corrected chi connectivity index (χ0v) is 11.4. The molecule has 0 radical (unpaired) electrons. The summed E-state index contributed by atoms with van der Waals surface area (Å²) in [5.41, 5.74) is 13.6. The van der Waals surface area contributed by atoms with Crippen molar-refractivity contribution in [3.05, 3.63) is 48.0 Å². The summed E-state index contributed by atoms with van der Waals surface area (Å²) in [4.78, 5) is 15.2. The van der Waals surface area contributed by atoms with Crippen LogP contribution in [0.2, 0.25) is 0 Å². The monoisotopic (exact) mass is 284 g/mol. The summed E-state index contributed by atoms with van der Waals surface area (Å²) in [5.74, 6) is 0.423. The Hall–Kier alpha value is -2.44. The van der Waals surface area contributed by atoms with Crippen LogP contribution in [0, 0.1) is 0 Å². The molecule has 1 aliphatic rings. The second kappa shape index (κ2) is 5.16. The fourth-order valence-electron chi connectivity index (χ4n) is 2.25. The standard InChI is InChI=1S/C15H16N4O2/c16-14(20)19-13-3-1-2-12(18-13)10-4-6-11(7-5-10)15(17)8-21-9-15/h1-7H,8-9,17H2,(H3,16,18,19,20). The van der Waals surface area contributed by atoms with E-state index in [1.165, 1.54) is 0 Å². The van der Waals surface area contributed by atoms with Crippen LogP contribution < -0.4 is 16.8 Å². The number of carbonyl (C=O) groups excluding carboxylic acids is 1. The number of pyridine rings is 1. The Kier molecular flexibility index (Phi) is 3.32. The highest BCUT2D eigenvalue weighted by Gasteiger charge is 2.35. The maximum Gasteiger partial charge on any atom is 0.317 e. The number of hydrogen-bond donors (Lipinski definition) is 3. The van der Waals surface area contributed by atoms with E-state index in [9.17, 15) is 4.79 Å². The van der Waals surface area contributed by atoms with E-state index in [0.29, 0.717) is 19.0 Å². The number of anilines is 1. The van der Waals surface area contributed by atoms with Crippen molar-refractivity contribution in [3.63, 3.8) is 0 Å². The minimum absolute atomic E-state index is 0.374. The smallest absolute Gasteiger partial charge is 0.317 e. The first-order valence-electron chi connectivity index (χ1n) is 6.58. The van der Waals surface area contributed by atoms with Gasteiger partial charge in [0.1, 0.15) is 5.82 Å². The van der Waals surface area contributed by atoms with Gasteiger partial charge in [0.05, 0.1) is 24.4 Å². The lowest BCUT2D eigenvalue weighted by Gasteiger charge is -2.38. The first kappa shape index (κ1) is 13.5. The second-order valence-corrected chi connectivity index (χ2v) is 5.12. The highest BCUT2D eigenvalue weighted by atomic mass is 16.5. The van der Waals surface area contributed by atoms with Crippen LogP contribution in [0.4, 0.5) is 10.6 Å². The molecule has 1 aromatic carbocycles. The number of rotatable bonds is 3. The van der Waals surface area contributed by atoms with Gasteiger partial charge in [-0.2, -0.15) is 0 Å². The molecule has 6 nitrogen and oxygen atoms in total. The molecule has 0 bridgehead atoms. The normalized spacial score (nSPS) is 16.0. The van der Waals surface area contributed by atoms with Crippen molar-refractivity contribution < 1.29 is 9.53 Å². The fraction of sp³-hybridized carbons (Fsp3) is 0.200. The van der Waals surface area contributed by atoms with E-state index in [1.807, 2.05) is 36.4 Å². The van der Waals surface area contributed by atoms with Crippen molar-refractivity contribution in [2.75, 3.05) is 18.5 Å². The number of nitrogens with zero attached hydrogens (tertiary/aromatic N) is 1. The predicted molar refractivity (Wildman–Crippen MR) is 79.6 cm³/mol. The van der Waals surface area contributed by atoms with Gasteiger partial charge in [-0.15, -0.1) is 0 Å². The first-order chi connectivity index (χ1) is 10.1. The van der Waals surface area contributed by atoms with Gasteiger partial charge in [0.15, 0.2) is 0 Å². The number of benzene rings is 1. The zero-order chi connectivity index (χ0) is 14.9. The molecule has 0 spiro atoms. The molecule has 1 fully saturated rings. The van der Waals surface area contributed by atoms with E-state index in [1.54, 1.807) is 6.07 Å². The Labute approximate surface area is 122 Å². The van der Waals surface area contributed by atoms with Gasteiger partial charge in [-0.3, -0.25) is 5.32 Å². The number of nitrogens with one attached hydrogen (secondary N) is 1. The van der Waals surface area contributed by atoms with Gasteiger partial charge in [-0.25, -0.2) is 9.78 Å². The average molecular weight is 284 g/mol. The molecule has 2 aromatic rings. The Morgan fingerprint density at radius 1 is 1.19 bits per heavy atom. The number of primary amides is 1. The highest BCUT2D eigenvalue weighted by Crippen LogP contribution is 2.28. The summed E-state index contributed by atoms with van der Waals surface area (Å²) >= 11 is 0. The Morgan fingerprint density at radius 2 is 1.90 bits per heavy atom. The number of urea groups is 1. The van der Waals surface area contributed by atoms with Gasteiger partial charge in [0.25, 0.3) is 0 Å². The van der Waals surface area contributed by atoms with Crippen LogP contribution in [0.5, 0.6) is 0 Å². The SMILES string of the molecule is NC(=O)Nc1cccc(-c2ccc(C3(N)COC3)cc2)n1. The van der Waals surface area contributed by atoms with Crippen molar-refractivity contribution in [2.45, 2.75) is 5.54 Å². The molecular weight excluding hydrogens is 268 g/mol. The molecule has 0 atom stereocenters. The Balaban J connectivity index is 1.85. The largest absolute Gasteiger partial charge is 0.377 e. The third-order valence-corrected chi connectivity index (χ3v) is 3.48. The van der Waals surface area contributed by atoms with Gasteiger partial charge in [0.2, 0.25) is 0 Å². The molecule has 1 aromatic heterocycles. The summed E-state index contributed by atoms with van der Waals surface area (Å²) in [6.07, 6.45) is 0. The fourth-order valence-corrected chi connectivity index (χ4v) is 2.25. The van der Waals surface area contributed by atoms with Crippen LogP contribution >= 0.6 is 0 Å². The lowest BCUT2D eigenvalue weighted by atomic mass is 9.88. The highest BCUT2D eigenvalue weighted by molar-refractivity contribution is 5.87. The van der Waals surface area contributed by atoms with Crippen LogP contribution in [0.3, 0.4) is 0 Å². The van der Waals surface area contributed by atoms with Gasteiger partial charge in [-0.1, -0.05) is 30.3 Å². The Morgan fingerprint density at radius 3 is 2.48 bits per heavy atom. The lowest BCUT2D eigenvalue weighted by molar-refractivity contribution is -0.0569. The molecule has 5 N–H and O–H groups in total. The molecule has 2 heterocycles. The summed E-state index contributed by atoms with van der Waals surface area (Å²) in [5, 5.41) is 2.46. The van der Waals surface area contributed by atoms with Crippen molar-refractivity contribution in [3.8, 4) is 11.3 Å². The number of aromatic nitrogens is 1. The third kappa shape index (κ3) is 2.72. The topological polar surface area (TPSA) is 103 Å². The van der Waals surface area contributed by atoms with Gasteiger partial charge < -0.3 is 16.2 Å². The van der Waals surface area contributed by atoms with Gasteiger partial charge in [0, 0.05) is 5.56 Å². The average Bonchev–Trinajstić information content (AvgIpc) is 2.44. The molecule has 2 amide bonds. The third-order valence-electron chi connectivity index (χ3n) is 3.48. The molecule has 1 aliphatic heterocycles. The van der Waals surface area contributed by atoms with Crippen LogP contribution in [0.25, 0.3) is 11.3 Å². The predicted octanol–water partition coefficient (Wildman–Crippen LogP) is 1.42. The quantitative estimate of drug-likeness (QED) is 0.793. The molecule has 21 heavy (non-hydrogen) atoms. The van der Waals surface area contributed by atoms with Crippen LogP contribution in [0.15, 0.2) is 42.5 Å². The van der Waals surface area contributed by atoms with Crippen LogP contribution in [-0.2, 0) is 10.3 Å². The lowest BCUT2D eigenvalue weighted by Crippen LogP contribution is -2.54. The maximum absolute atomic E-state index is 10.9. The second-order valence-electron chi connectivity index (χ2n) is 5.12. The zero-order valence-electron chi connectivity index (χ0n) is 11.4. The van der Waals surface area contributed by atoms with Gasteiger partial charge in [-0.05, 0) is 17.7 Å². The minimum atomic E-state index is -0.634. The number of nitrogens with two attached hydrogens (primary N) is 2. The molecule has 0 saturated carbocycles. The number of amides is 2. The molecular formula is C15H16N4O2. The summed E-state index contributed by atoms with van der Waals surface area (Å²) in [6, 6.07) is 12.6. The van der Waals surface area contributed by atoms with E-state index in [4.69, 9.17) is 16.2 Å². The van der Waals surface area contributed by atoms with E-state index in [-0.39, 0.29) is 5.54 Å². The van der Waals surface area contributed by atoms with Crippen LogP contribution in [0.1, 0.15) is 5.56 Å². The van der Waals surface area contributed by atoms with Gasteiger partial charge >= 0.3 is 6.03 Å². The molecule has 6 heteroatoms. The summed E-state index contributed by atoms with van der Waals surface area (Å²) in [7, 11) is 0. The summed E-state index contributed by atoms with van der Waals surface area (Å²) < 4.78 is 5.17. The van der Waals surface area contributed by atoms with Crippen molar-refractivity contribution >= 4 is 11.8 Å². The maximum atomic E-state index is 10.9. The molecule has 108 valence electrons. The molecule has 1 saturated heterocycles. The molecule has 0 aliphatic carbocycles. The van der Waals surface area contributed by atoms with E-state index in [0.717, 1.165) is 16.8 Å². The summed E-state index contributed by atoms with van der Waals surface area (Å²) in [6.45, 7) is 1.09. The number of carbonyl (C=O) groups is 1. The van der Waals surface area contributed by atoms with E-state index >= 15 is 0 Å². The van der Waals surface area contributed by atoms with Crippen LogP contribution in [-0.4, -0.2) is 24.2 Å². The van der Waals surface area contributed by atoms with E-state index in [2.05, 4.69) is 10.3 Å². The molecule has 3 rings (SSSR count). The minimum Gasteiger partial charge on any atom is -0.377 e. The van der Waals surface area contributed by atoms with E-state index < -0.39 is 6.03 Å². The van der Waals surface area contributed by atoms with Crippen molar-refractivity contribution in [1.29, 1.82) is 0 Å². The van der Waals surface area contributed by atoms with Crippen molar-refractivity contribution in [1.82, 2.24) is 4.98 Å². The Bertz CT molecular complexity index is 666.